The molecule has 3 heteroatoms. The molecule has 0 radical (unpaired) electrons. The first kappa shape index (κ1) is 13.7. The lowest BCUT2D eigenvalue weighted by atomic mass is 9.79. The highest BCUT2D eigenvalue weighted by Gasteiger charge is 2.37. The Hall–Kier alpha value is -0.900. The van der Waals surface area contributed by atoms with Gasteiger partial charge in [-0.15, -0.1) is 0 Å². The quantitative estimate of drug-likeness (QED) is 0.900. The Morgan fingerprint density at radius 2 is 1.76 bits per heavy atom. The molecule has 2 aliphatic heterocycles. The minimum absolute atomic E-state index is 0.420. The zero-order chi connectivity index (χ0) is 14.1. The average Bonchev–Trinajstić information content (AvgIpc) is 3.25. The summed E-state index contributed by atoms with van der Waals surface area (Å²) in [6.07, 6.45) is 5.17. The van der Waals surface area contributed by atoms with Gasteiger partial charge in [0.1, 0.15) is 0 Å². The van der Waals surface area contributed by atoms with Crippen molar-refractivity contribution in [2.75, 3.05) is 26.3 Å². The molecule has 3 nitrogen and oxygen atoms in total. The van der Waals surface area contributed by atoms with Gasteiger partial charge in [0, 0.05) is 45.4 Å². The van der Waals surface area contributed by atoms with Gasteiger partial charge >= 0.3 is 0 Å². The van der Waals surface area contributed by atoms with Crippen LogP contribution in [0.3, 0.4) is 0 Å². The van der Waals surface area contributed by atoms with E-state index in [-0.39, 0.29) is 0 Å². The molecule has 2 fully saturated rings. The van der Waals surface area contributed by atoms with Gasteiger partial charge in [0.2, 0.25) is 0 Å². The van der Waals surface area contributed by atoms with E-state index in [1.807, 2.05) is 0 Å². The highest BCUT2D eigenvalue weighted by atomic mass is 16.5. The molecular weight excluding hydrogens is 260 g/mol. The summed E-state index contributed by atoms with van der Waals surface area (Å²) in [6, 6.07) is 9.71. The largest absolute Gasteiger partial charge is 0.381 e. The summed E-state index contributed by atoms with van der Waals surface area (Å²) in [4.78, 5) is 2.64. The third kappa shape index (κ3) is 3.15. The van der Waals surface area contributed by atoms with E-state index in [0.717, 1.165) is 32.3 Å². The maximum Gasteiger partial charge on any atom is 0.0472 e. The maximum absolute atomic E-state index is 5.63. The van der Waals surface area contributed by atoms with Gasteiger partial charge in [-0.2, -0.15) is 0 Å². The molecular formula is C18H26N2O. The van der Waals surface area contributed by atoms with Crippen LogP contribution in [0, 0.1) is 5.41 Å². The molecule has 0 bridgehead atoms. The maximum atomic E-state index is 5.63. The smallest absolute Gasteiger partial charge is 0.0472 e. The van der Waals surface area contributed by atoms with Crippen molar-refractivity contribution in [3.63, 3.8) is 0 Å². The van der Waals surface area contributed by atoms with E-state index in [0.29, 0.717) is 5.41 Å². The van der Waals surface area contributed by atoms with Crippen LogP contribution in [-0.4, -0.2) is 37.2 Å². The molecule has 2 heterocycles. The second-order valence-electron chi connectivity index (χ2n) is 7.18. The summed E-state index contributed by atoms with van der Waals surface area (Å²) in [5.41, 5.74) is 3.47. The molecule has 1 saturated heterocycles. The summed E-state index contributed by atoms with van der Waals surface area (Å²) in [6.45, 7) is 6.52. The van der Waals surface area contributed by atoms with Crippen LogP contribution in [0.1, 0.15) is 36.8 Å². The zero-order valence-electron chi connectivity index (χ0n) is 12.8. The van der Waals surface area contributed by atoms with E-state index in [4.69, 9.17) is 4.74 Å². The van der Waals surface area contributed by atoms with Crippen LogP contribution in [0.15, 0.2) is 24.3 Å². The van der Waals surface area contributed by atoms with Gasteiger partial charge in [-0.25, -0.2) is 0 Å². The van der Waals surface area contributed by atoms with Crippen molar-refractivity contribution < 1.29 is 4.74 Å². The number of ether oxygens (including phenoxy) is 1. The second kappa shape index (κ2) is 5.71. The molecule has 1 N–H and O–H groups in total. The average molecular weight is 286 g/mol. The van der Waals surface area contributed by atoms with Gasteiger partial charge in [-0.1, -0.05) is 24.3 Å². The summed E-state index contributed by atoms with van der Waals surface area (Å²) < 4.78 is 5.63. The fourth-order valence-corrected chi connectivity index (χ4v) is 3.83. The molecule has 21 heavy (non-hydrogen) atoms. The van der Waals surface area contributed by atoms with Crippen LogP contribution < -0.4 is 5.32 Å². The molecule has 0 spiro atoms. The van der Waals surface area contributed by atoms with Crippen molar-refractivity contribution in [1.82, 2.24) is 10.2 Å². The van der Waals surface area contributed by atoms with Gasteiger partial charge < -0.3 is 10.1 Å². The van der Waals surface area contributed by atoms with E-state index in [1.165, 1.54) is 49.9 Å². The standard InChI is InChI=1S/C18H26N2O/c1-2-4-16-12-20(11-15(16)3-1)14-18(7-9-21-10-8-18)13-19-17-5-6-17/h1-4,17,19H,5-14H2. The Bertz CT molecular complexity index is 467. The van der Waals surface area contributed by atoms with Crippen LogP contribution in [0.2, 0.25) is 0 Å². The Balaban J connectivity index is 1.42. The first-order valence-corrected chi connectivity index (χ1v) is 8.43. The van der Waals surface area contributed by atoms with Crippen LogP contribution in [0.25, 0.3) is 0 Å². The molecule has 1 aliphatic carbocycles. The summed E-state index contributed by atoms with van der Waals surface area (Å²) in [7, 11) is 0. The Kier molecular flexibility index (Phi) is 3.74. The molecule has 1 aromatic carbocycles. The topological polar surface area (TPSA) is 24.5 Å². The number of nitrogens with zero attached hydrogens (tertiary/aromatic N) is 1. The fraction of sp³-hybridized carbons (Fsp3) is 0.667. The zero-order valence-corrected chi connectivity index (χ0v) is 12.8. The number of rotatable bonds is 5. The molecule has 0 unspecified atom stereocenters. The molecule has 0 aromatic heterocycles. The predicted octanol–water partition coefficient (Wildman–Crippen LogP) is 2.55. The van der Waals surface area contributed by atoms with Crippen molar-refractivity contribution in [1.29, 1.82) is 0 Å². The fourth-order valence-electron chi connectivity index (χ4n) is 3.83. The van der Waals surface area contributed by atoms with Gasteiger partial charge in [-0.05, 0) is 42.2 Å². The molecule has 3 aliphatic rings. The van der Waals surface area contributed by atoms with Crippen LogP contribution in [0.4, 0.5) is 0 Å². The predicted molar refractivity (Wildman–Crippen MR) is 84.1 cm³/mol. The molecule has 1 saturated carbocycles. The van der Waals surface area contributed by atoms with E-state index in [2.05, 4.69) is 34.5 Å². The van der Waals surface area contributed by atoms with Gasteiger partial charge in [0.15, 0.2) is 0 Å². The van der Waals surface area contributed by atoms with Crippen LogP contribution >= 0.6 is 0 Å². The SMILES string of the molecule is c1ccc2c(c1)CN(CC1(CNC3CC3)CCOCC1)C2. The normalized spacial score (nSPS) is 25.0. The van der Waals surface area contributed by atoms with Crippen molar-refractivity contribution >= 4 is 0 Å². The number of hydrogen-bond acceptors (Lipinski definition) is 3. The summed E-state index contributed by atoms with van der Waals surface area (Å²) in [5.74, 6) is 0. The third-order valence-electron chi connectivity index (χ3n) is 5.36. The number of hydrogen-bond donors (Lipinski definition) is 1. The summed E-state index contributed by atoms with van der Waals surface area (Å²) >= 11 is 0. The van der Waals surface area contributed by atoms with Gasteiger partial charge in [-0.3, -0.25) is 4.90 Å². The van der Waals surface area contributed by atoms with Crippen molar-refractivity contribution in [2.24, 2.45) is 5.41 Å². The van der Waals surface area contributed by atoms with E-state index < -0.39 is 0 Å². The van der Waals surface area contributed by atoms with Crippen molar-refractivity contribution in [3.05, 3.63) is 35.4 Å². The molecule has 1 aromatic rings. The lowest BCUT2D eigenvalue weighted by molar-refractivity contribution is -0.00536. The highest BCUT2D eigenvalue weighted by molar-refractivity contribution is 5.30. The molecule has 0 amide bonds. The number of nitrogens with one attached hydrogen (secondary N) is 1. The highest BCUT2D eigenvalue weighted by Crippen LogP contribution is 2.35. The van der Waals surface area contributed by atoms with E-state index in [9.17, 15) is 0 Å². The Morgan fingerprint density at radius 1 is 1.10 bits per heavy atom. The first-order chi connectivity index (χ1) is 10.3. The molecule has 4 rings (SSSR count). The van der Waals surface area contributed by atoms with Crippen LogP contribution in [0.5, 0.6) is 0 Å². The first-order valence-electron chi connectivity index (χ1n) is 8.43. The lowest BCUT2D eigenvalue weighted by Gasteiger charge is -2.40. The van der Waals surface area contributed by atoms with Gasteiger partial charge in [0.25, 0.3) is 0 Å². The van der Waals surface area contributed by atoms with Crippen LogP contribution in [-0.2, 0) is 17.8 Å². The van der Waals surface area contributed by atoms with Gasteiger partial charge in [0.05, 0.1) is 0 Å². The monoisotopic (exact) mass is 286 g/mol. The minimum atomic E-state index is 0.420. The number of benzene rings is 1. The second-order valence-corrected chi connectivity index (χ2v) is 7.18. The Morgan fingerprint density at radius 3 is 2.38 bits per heavy atom. The molecule has 0 atom stereocenters. The lowest BCUT2D eigenvalue weighted by Crippen LogP contribution is -2.46. The molecule has 114 valence electrons. The van der Waals surface area contributed by atoms with E-state index in [1.54, 1.807) is 0 Å². The minimum Gasteiger partial charge on any atom is -0.381 e. The summed E-state index contributed by atoms with van der Waals surface area (Å²) in [5, 5.41) is 3.78. The van der Waals surface area contributed by atoms with Crippen molar-refractivity contribution in [2.45, 2.75) is 44.8 Å². The Labute approximate surface area is 127 Å². The van der Waals surface area contributed by atoms with Crippen molar-refractivity contribution in [3.8, 4) is 0 Å². The van der Waals surface area contributed by atoms with E-state index >= 15 is 0 Å². The third-order valence-corrected chi connectivity index (χ3v) is 5.36. The number of fused-ring (bicyclic) bond motifs is 1.